The van der Waals surface area contributed by atoms with Crippen LogP contribution in [0.4, 0.5) is 5.69 Å². The summed E-state index contributed by atoms with van der Waals surface area (Å²) in [7, 11) is 1.98. The zero-order chi connectivity index (χ0) is 20.8. The Morgan fingerprint density at radius 3 is 2.55 bits per heavy atom. The Kier molecular flexibility index (Phi) is 4.38. The molecule has 29 heavy (non-hydrogen) atoms. The Hall–Kier alpha value is -3.60. The van der Waals surface area contributed by atoms with Crippen molar-refractivity contribution in [1.29, 1.82) is 0 Å². The van der Waals surface area contributed by atoms with Crippen molar-refractivity contribution in [2.24, 2.45) is 0 Å². The van der Waals surface area contributed by atoms with E-state index in [0.29, 0.717) is 5.39 Å². The standard InChI is InChI=1S/C24H21NO4/c1-24(2)16-10-5-6-11-17(16)25(3)20(24)14-8-12-18(26)21-22(27)15-9-4-7-13-19(15)29-23(21)28/h4-14,27H,1-3H3. The van der Waals surface area contributed by atoms with Gasteiger partial charge in [-0.2, -0.15) is 0 Å². The van der Waals surface area contributed by atoms with Gasteiger partial charge in [0.05, 0.1) is 5.39 Å². The summed E-state index contributed by atoms with van der Waals surface area (Å²) in [5.41, 5.74) is 2.16. The van der Waals surface area contributed by atoms with Gasteiger partial charge in [0.25, 0.3) is 0 Å². The number of para-hydroxylation sites is 2. The molecule has 0 spiro atoms. The summed E-state index contributed by atoms with van der Waals surface area (Å²) in [6.45, 7) is 4.25. The Balaban J connectivity index is 1.68. The first-order valence-corrected chi connectivity index (χ1v) is 9.33. The number of hydrogen-bond acceptors (Lipinski definition) is 5. The zero-order valence-corrected chi connectivity index (χ0v) is 16.5. The average Bonchev–Trinajstić information content (AvgIpc) is 2.89. The molecule has 3 aromatic rings. The Morgan fingerprint density at radius 2 is 1.79 bits per heavy atom. The van der Waals surface area contributed by atoms with E-state index in [2.05, 4.69) is 30.9 Å². The first-order chi connectivity index (χ1) is 13.8. The molecule has 0 saturated heterocycles. The lowest BCUT2D eigenvalue weighted by molar-refractivity contribution is 0.104. The number of carbonyl (C=O) groups excluding carboxylic acids is 1. The molecular weight excluding hydrogens is 366 g/mol. The van der Waals surface area contributed by atoms with Crippen molar-refractivity contribution in [2.75, 3.05) is 11.9 Å². The summed E-state index contributed by atoms with van der Waals surface area (Å²) in [4.78, 5) is 26.9. The number of nitrogens with zero attached hydrogens (tertiary/aromatic N) is 1. The smallest absolute Gasteiger partial charge is 0.351 e. The molecule has 2 aromatic carbocycles. The van der Waals surface area contributed by atoms with E-state index >= 15 is 0 Å². The molecule has 146 valence electrons. The van der Waals surface area contributed by atoms with Gasteiger partial charge in [0.2, 0.25) is 0 Å². The number of likely N-dealkylation sites (N-methyl/N-ethyl adjacent to an activating group) is 1. The molecule has 1 N–H and O–H groups in total. The minimum absolute atomic E-state index is 0.219. The Labute approximate surface area is 168 Å². The lowest BCUT2D eigenvalue weighted by Gasteiger charge is -2.23. The molecule has 0 amide bonds. The molecule has 0 unspecified atom stereocenters. The highest BCUT2D eigenvalue weighted by molar-refractivity contribution is 6.09. The van der Waals surface area contributed by atoms with E-state index in [4.69, 9.17) is 4.42 Å². The van der Waals surface area contributed by atoms with Crippen LogP contribution in [-0.4, -0.2) is 17.9 Å². The van der Waals surface area contributed by atoms with E-state index in [-0.39, 0.29) is 22.3 Å². The van der Waals surface area contributed by atoms with Crippen molar-refractivity contribution >= 4 is 22.4 Å². The van der Waals surface area contributed by atoms with Gasteiger partial charge in [0, 0.05) is 23.8 Å². The summed E-state index contributed by atoms with van der Waals surface area (Å²) >= 11 is 0. The van der Waals surface area contributed by atoms with Gasteiger partial charge >= 0.3 is 5.63 Å². The maximum Gasteiger partial charge on any atom is 0.351 e. The van der Waals surface area contributed by atoms with E-state index in [1.165, 1.54) is 11.6 Å². The van der Waals surface area contributed by atoms with Gasteiger partial charge in [-0.15, -0.1) is 0 Å². The van der Waals surface area contributed by atoms with E-state index in [9.17, 15) is 14.7 Å². The van der Waals surface area contributed by atoms with Gasteiger partial charge in [-0.3, -0.25) is 4.79 Å². The van der Waals surface area contributed by atoms with Crippen molar-refractivity contribution in [3.8, 4) is 5.75 Å². The molecule has 0 radical (unpaired) electrons. The molecule has 0 atom stereocenters. The maximum absolute atomic E-state index is 12.6. The van der Waals surface area contributed by atoms with Gasteiger partial charge in [-0.25, -0.2) is 4.79 Å². The summed E-state index contributed by atoms with van der Waals surface area (Å²) < 4.78 is 5.17. The Bertz CT molecular complexity index is 1250. The van der Waals surface area contributed by atoms with Crippen LogP contribution >= 0.6 is 0 Å². The SMILES string of the molecule is CN1C(=CC=CC(=O)c2c(O)c3ccccc3oc2=O)C(C)(C)c2ccccc21. The molecule has 4 rings (SSSR count). The number of ketones is 1. The van der Waals surface area contributed by atoms with Crippen LogP contribution in [0.5, 0.6) is 5.75 Å². The van der Waals surface area contributed by atoms with Crippen LogP contribution in [0.3, 0.4) is 0 Å². The van der Waals surface area contributed by atoms with Gasteiger partial charge in [0.15, 0.2) is 5.78 Å². The second-order valence-corrected chi connectivity index (χ2v) is 7.59. The van der Waals surface area contributed by atoms with E-state index in [1.54, 1.807) is 30.3 Å². The highest BCUT2D eigenvalue weighted by Crippen LogP contribution is 2.46. The maximum atomic E-state index is 12.6. The van der Waals surface area contributed by atoms with Crippen molar-refractivity contribution < 1.29 is 14.3 Å². The topological polar surface area (TPSA) is 70.8 Å². The number of allylic oxidation sites excluding steroid dienone is 4. The fourth-order valence-corrected chi connectivity index (χ4v) is 3.96. The van der Waals surface area contributed by atoms with Gasteiger partial charge in [-0.1, -0.05) is 50.3 Å². The predicted molar refractivity (Wildman–Crippen MR) is 114 cm³/mol. The van der Waals surface area contributed by atoms with Gasteiger partial charge in [-0.05, 0) is 35.9 Å². The number of hydrogen-bond donors (Lipinski definition) is 1. The van der Waals surface area contributed by atoms with Crippen LogP contribution in [0.15, 0.2) is 81.7 Å². The second kappa shape index (κ2) is 6.78. The molecule has 5 nitrogen and oxygen atoms in total. The molecule has 5 heteroatoms. The summed E-state index contributed by atoms with van der Waals surface area (Å²) in [5.74, 6) is -0.959. The third-order valence-corrected chi connectivity index (χ3v) is 5.47. The Morgan fingerprint density at radius 1 is 1.10 bits per heavy atom. The van der Waals surface area contributed by atoms with Gasteiger partial charge < -0.3 is 14.4 Å². The van der Waals surface area contributed by atoms with E-state index < -0.39 is 11.4 Å². The van der Waals surface area contributed by atoms with Crippen molar-refractivity contribution in [2.45, 2.75) is 19.3 Å². The van der Waals surface area contributed by atoms with Crippen LogP contribution < -0.4 is 10.5 Å². The molecule has 0 bridgehead atoms. The summed E-state index contributed by atoms with van der Waals surface area (Å²) in [5, 5.41) is 10.7. The van der Waals surface area contributed by atoms with Crippen molar-refractivity contribution in [1.82, 2.24) is 0 Å². The zero-order valence-electron chi connectivity index (χ0n) is 16.5. The van der Waals surface area contributed by atoms with Crippen molar-refractivity contribution in [3.63, 3.8) is 0 Å². The van der Waals surface area contributed by atoms with Crippen LogP contribution in [0.1, 0.15) is 29.8 Å². The fraction of sp³-hybridized carbons (Fsp3) is 0.167. The third kappa shape index (κ3) is 2.95. The van der Waals surface area contributed by atoms with Gasteiger partial charge in [0.1, 0.15) is 16.9 Å². The minimum atomic E-state index is -0.853. The normalized spacial score (nSPS) is 16.7. The number of benzene rings is 2. The van der Waals surface area contributed by atoms with E-state index in [1.807, 2.05) is 25.3 Å². The van der Waals surface area contributed by atoms with Crippen LogP contribution in [0, 0.1) is 0 Å². The summed E-state index contributed by atoms with van der Waals surface area (Å²) in [6, 6.07) is 14.7. The first kappa shape index (κ1) is 18.7. The summed E-state index contributed by atoms with van der Waals surface area (Å²) in [6.07, 6.45) is 4.74. The van der Waals surface area contributed by atoms with Crippen LogP contribution in [0.25, 0.3) is 11.0 Å². The quantitative estimate of drug-likeness (QED) is 0.406. The molecule has 2 heterocycles. The number of rotatable bonds is 3. The molecule has 1 aliphatic rings. The molecule has 0 fully saturated rings. The number of anilines is 1. The number of carbonyl (C=O) groups is 1. The molecular formula is C24H21NO4. The van der Waals surface area contributed by atoms with Crippen molar-refractivity contribution in [3.05, 3.63) is 94.0 Å². The second-order valence-electron chi connectivity index (χ2n) is 7.59. The first-order valence-electron chi connectivity index (χ1n) is 9.33. The number of fused-ring (bicyclic) bond motifs is 2. The fourth-order valence-electron chi connectivity index (χ4n) is 3.96. The monoisotopic (exact) mass is 387 g/mol. The molecule has 0 saturated carbocycles. The largest absolute Gasteiger partial charge is 0.506 e. The molecule has 1 aliphatic heterocycles. The van der Waals surface area contributed by atoms with E-state index in [0.717, 1.165) is 11.4 Å². The lowest BCUT2D eigenvalue weighted by Crippen LogP contribution is -2.22. The predicted octanol–water partition coefficient (Wildman–Crippen LogP) is 4.55. The average molecular weight is 387 g/mol. The van der Waals surface area contributed by atoms with Crippen LogP contribution in [-0.2, 0) is 5.41 Å². The highest BCUT2D eigenvalue weighted by Gasteiger charge is 2.37. The third-order valence-electron chi connectivity index (χ3n) is 5.47. The highest BCUT2D eigenvalue weighted by atomic mass is 16.4. The molecule has 0 aliphatic carbocycles. The minimum Gasteiger partial charge on any atom is -0.506 e. The molecule has 1 aromatic heterocycles. The lowest BCUT2D eigenvalue weighted by atomic mass is 9.84. The van der Waals surface area contributed by atoms with Crippen LogP contribution in [0.2, 0.25) is 0 Å². The number of aromatic hydroxyl groups is 1.